The van der Waals surface area contributed by atoms with Crippen LogP contribution in [-0.2, 0) is 29.2 Å². The Morgan fingerprint density at radius 3 is 1.98 bits per heavy atom. The Balaban J connectivity index is 1.31. The summed E-state index contributed by atoms with van der Waals surface area (Å²) in [6.07, 6.45) is -3.82. The molecule has 3 aromatic carbocycles. The van der Waals surface area contributed by atoms with Crippen LogP contribution in [0.3, 0.4) is 0 Å². The number of nitrogens with zero attached hydrogens (tertiary/aromatic N) is 1. The first kappa shape index (κ1) is 31.8. The summed E-state index contributed by atoms with van der Waals surface area (Å²) in [6, 6.07) is 21.1. The van der Waals surface area contributed by atoms with Crippen LogP contribution in [0.15, 0.2) is 90.5 Å². The number of halogens is 6. The van der Waals surface area contributed by atoms with Crippen LogP contribution in [0.25, 0.3) is 0 Å². The number of benzene rings is 3. The van der Waals surface area contributed by atoms with E-state index in [1.165, 1.54) is 18.1 Å². The van der Waals surface area contributed by atoms with Crippen molar-refractivity contribution in [2.45, 2.75) is 69.4 Å². The summed E-state index contributed by atoms with van der Waals surface area (Å²) in [5.74, 6) is -1.47. The van der Waals surface area contributed by atoms with Gasteiger partial charge in [-0.1, -0.05) is 72.3 Å². The number of nitrogens with one attached hydrogen (secondary N) is 1. The molecule has 3 aromatic rings. The van der Waals surface area contributed by atoms with Gasteiger partial charge >= 0.3 is 12.4 Å². The highest BCUT2D eigenvalue weighted by atomic mass is 19.4. The zero-order valence-corrected chi connectivity index (χ0v) is 24.5. The van der Waals surface area contributed by atoms with Gasteiger partial charge in [-0.25, -0.2) is 0 Å². The van der Waals surface area contributed by atoms with Crippen molar-refractivity contribution < 1.29 is 31.1 Å². The molecule has 5 rings (SSSR count). The van der Waals surface area contributed by atoms with Gasteiger partial charge in [0.2, 0.25) is 5.91 Å². The van der Waals surface area contributed by atoms with E-state index in [1.54, 1.807) is 0 Å². The number of alkyl halides is 6. The highest BCUT2D eigenvalue weighted by molar-refractivity contribution is 5.84. The summed E-state index contributed by atoms with van der Waals surface area (Å²) in [6.45, 7) is 4.08. The molecule has 1 unspecified atom stereocenters. The molecule has 0 bridgehead atoms. The van der Waals surface area contributed by atoms with Gasteiger partial charge in [0, 0.05) is 19.6 Å². The topological polar surface area (TPSA) is 32.3 Å². The van der Waals surface area contributed by atoms with Crippen molar-refractivity contribution >= 4 is 5.91 Å². The highest BCUT2D eigenvalue weighted by Gasteiger charge is 2.41. The Hall–Kier alpha value is -3.59. The fraction of sp³-hybridized carbons (Fsp3) is 0.400. The molecule has 0 aromatic heterocycles. The second-order valence-corrected chi connectivity index (χ2v) is 12.0. The molecule has 1 N–H and O–H groups in total. The first-order valence-corrected chi connectivity index (χ1v) is 15.0. The van der Waals surface area contributed by atoms with E-state index in [0.717, 1.165) is 44.5 Å². The predicted molar refractivity (Wildman–Crippen MR) is 158 cm³/mol. The van der Waals surface area contributed by atoms with E-state index in [9.17, 15) is 31.1 Å². The minimum atomic E-state index is -4.98. The third-order valence-electron chi connectivity index (χ3n) is 9.13. The second kappa shape index (κ2) is 12.8. The van der Waals surface area contributed by atoms with Crippen LogP contribution in [-0.4, -0.2) is 23.9 Å². The Morgan fingerprint density at radius 2 is 1.45 bits per heavy atom. The molecule has 234 valence electrons. The van der Waals surface area contributed by atoms with Crippen molar-refractivity contribution in [3.05, 3.63) is 118 Å². The van der Waals surface area contributed by atoms with Crippen LogP contribution in [0.2, 0.25) is 0 Å². The monoisotopic (exact) mass is 614 g/mol. The molecule has 3 nitrogen and oxygen atoms in total. The molecule has 9 heteroatoms. The van der Waals surface area contributed by atoms with Crippen LogP contribution in [0, 0.1) is 5.92 Å². The summed E-state index contributed by atoms with van der Waals surface area (Å²) in [4.78, 5) is 16.0. The predicted octanol–water partition coefficient (Wildman–Crippen LogP) is 8.86. The summed E-state index contributed by atoms with van der Waals surface area (Å²) < 4.78 is 80.9. The molecule has 1 amide bonds. The second-order valence-electron chi connectivity index (χ2n) is 12.0. The van der Waals surface area contributed by atoms with E-state index < -0.39 is 40.8 Å². The average molecular weight is 615 g/mol. The van der Waals surface area contributed by atoms with E-state index in [1.807, 2.05) is 48.5 Å². The lowest BCUT2D eigenvalue weighted by Crippen LogP contribution is -2.49. The summed E-state index contributed by atoms with van der Waals surface area (Å²) in [5, 5.41) is 3.09. The Bertz CT molecular complexity index is 1430. The maximum absolute atomic E-state index is 13.6. The first-order chi connectivity index (χ1) is 20.8. The summed E-state index contributed by atoms with van der Waals surface area (Å²) in [5.41, 5.74) is -0.378. The summed E-state index contributed by atoms with van der Waals surface area (Å²) >= 11 is 0. The number of carbonyl (C=O) groups is 1. The molecule has 1 aliphatic heterocycles. The number of hydrogen-bond donors (Lipinski definition) is 1. The van der Waals surface area contributed by atoms with E-state index in [4.69, 9.17) is 0 Å². The lowest BCUT2D eigenvalue weighted by Gasteiger charge is -2.43. The maximum atomic E-state index is 13.6. The zero-order valence-electron chi connectivity index (χ0n) is 24.5. The van der Waals surface area contributed by atoms with Gasteiger partial charge in [-0.15, -0.1) is 0 Å². The maximum Gasteiger partial charge on any atom is 0.416 e. The fourth-order valence-electron chi connectivity index (χ4n) is 6.53. The fourth-order valence-corrected chi connectivity index (χ4v) is 6.53. The molecule has 0 saturated heterocycles. The molecule has 0 spiro atoms. The minimum absolute atomic E-state index is 0.0850. The largest absolute Gasteiger partial charge is 0.416 e. The number of rotatable bonds is 7. The molecule has 1 saturated carbocycles. The van der Waals surface area contributed by atoms with Crippen molar-refractivity contribution in [1.29, 1.82) is 0 Å². The van der Waals surface area contributed by atoms with Crippen LogP contribution >= 0.6 is 0 Å². The molecule has 1 atom stereocenters. The van der Waals surface area contributed by atoms with Gasteiger partial charge in [-0.05, 0) is 79.8 Å². The smallest absolute Gasteiger partial charge is 0.346 e. The molecule has 2 aliphatic rings. The van der Waals surface area contributed by atoms with Crippen molar-refractivity contribution in [2.24, 2.45) is 5.92 Å². The van der Waals surface area contributed by atoms with Crippen molar-refractivity contribution in [3.8, 4) is 0 Å². The lowest BCUT2D eigenvalue weighted by molar-refractivity contribution is -0.143. The molecule has 44 heavy (non-hydrogen) atoms. The SMILES string of the molecule is CC(C(=O)N[C@]1(c2ccccc2)CC[C@@H](C2=CCN(Cc3ccccc3)CC2)CC1)c1cc(C(F)(F)F)cc(C(F)(F)F)c1. The number of hydrogen-bond acceptors (Lipinski definition) is 2. The van der Waals surface area contributed by atoms with E-state index >= 15 is 0 Å². The number of amides is 1. The van der Waals surface area contributed by atoms with Crippen molar-refractivity contribution in [1.82, 2.24) is 10.2 Å². The van der Waals surface area contributed by atoms with Gasteiger partial charge in [0.15, 0.2) is 0 Å². The zero-order chi connectivity index (χ0) is 31.5. The summed E-state index contributed by atoms with van der Waals surface area (Å²) in [7, 11) is 0. The third-order valence-corrected chi connectivity index (χ3v) is 9.13. The molecule has 1 fully saturated rings. The molecule has 0 radical (unpaired) electrons. The van der Waals surface area contributed by atoms with Crippen LogP contribution in [0.5, 0.6) is 0 Å². The normalized spacial score (nSPS) is 22.2. The quantitative estimate of drug-likeness (QED) is 0.213. The van der Waals surface area contributed by atoms with Crippen molar-refractivity contribution in [3.63, 3.8) is 0 Å². The van der Waals surface area contributed by atoms with E-state index in [0.29, 0.717) is 30.9 Å². The third kappa shape index (κ3) is 7.37. The van der Waals surface area contributed by atoms with Gasteiger partial charge in [0.1, 0.15) is 0 Å². The molecular weight excluding hydrogens is 578 g/mol. The minimum Gasteiger partial charge on any atom is -0.346 e. The van der Waals surface area contributed by atoms with Gasteiger partial charge in [-0.3, -0.25) is 9.69 Å². The van der Waals surface area contributed by atoms with Crippen LogP contribution in [0.1, 0.15) is 72.8 Å². The van der Waals surface area contributed by atoms with E-state index in [-0.39, 0.29) is 11.6 Å². The van der Waals surface area contributed by atoms with Gasteiger partial charge < -0.3 is 5.32 Å². The van der Waals surface area contributed by atoms with Gasteiger partial charge in [-0.2, -0.15) is 26.3 Å². The van der Waals surface area contributed by atoms with Crippen LogP contribution in [0.4, 0.5) is 26.3 Å². The number of carbonyl (C=O) groups excluding carboxylic acids is 1. The van der Waals surface area contributed by atoms with Crippen molar-refractivity contribution in [2.75, 3.05) is 13.1 Å². The van der Waals surface area contributed by atoms with Gasteiger partial charge in [0.05, 0.1) is 22.6 Å². The highest BCUT2D eigenvalue weighted by Crippen LogP contribution is 2.44. The standard InChI is InChI=1S/C35H36F6N2O/c1-24(28-20-30(34(36,37)38)22-31(21-28)35(39,40)41)32(44)42-33(29-10-6-3-7-11-29)16-12-26(13-17-33)27-14-18-43(19-15-27)23-25-8-4-2-5-9-25/h2-11,14,20-22,24,26H,12-13,15-19,23H2,1H3,(H,42,44)/t24?,26-,33-. The Kier molecular flexibility index (Phi) is 9.25. The lowest BCUT2D eigenvalue weighted by atomic mass is 9.70. The molecular formula is C35H36F6N2O. The van der Waals surface area contributed by atoms with E-state index in [2.05, 4.69) is 28.4 Å². The Morgan fingerprint density at radius 1 is 0.886 bits per heavy atom. The first-order valence-electron chi connectivity index (χ1n) is 15.0. The average Bonchev–Trinajstić information content (AvgIpc) is 3.01. The van der Waals surface area contributed by atoms with Crippen LogP contribution < -0.4 is 5.32 Å². The molecule has 1 heterocycles. The van der Waals surface area contributed by atoms with Gasteiger partial charge in [0.25, 0.3) is 0 Å². The Labute approximate surface area is 254 Å². The molecule has 1 aliphatic carbocycles.